The fraction of sp³-hybridized carbons (Fsp3) is 0.950. The number of hydrogen-bond acceptors (Lipinski definition) is 4. The zero-order valence-electron chi connectivity index (χ0n) is 14.9. The summed E-state index contributed by atoms with van der Waals surface area (Å²) in [6.45, 7) is 3.92. The van der Waals surface area contributed by atoms with Crippen LogP contribution < -0.4 is 0 Å². The van der Waals surface area contributed by atoms with Crippen LogP contribution in [0.4, 0.5) is 0 Å². The molecule has 1 aliphatic heterocycles. The number of esters is 1. The van der Waals surface area contributed by atoms with Crippen molar-refractivity contribution in [3.8, 4) is 0 Å². The largest absolute Gasteiger partial charge is 0.462 e. The van der Waals surface area contributed by atoms with Gasteiger partial charge in [-0.05, 0) is 75.0 Å². The van der Waals surface area contributed by atoms with E-state index in [-0.39, 0.29) is 35.3 Å². The summed E-state index contributed by atoms with van der Waals surface area (Å²) in [4.78, 5) is 11.5. The van der Waals surface area contributed by atoms with Crippen LogP contribution >= 0.6 is 0 Å². The first-order chi connectivity index (χ1) is 11.5. The molecule has 134 valence electrons. The first-order valence-electron chi connectivity index (χ1n) is 9.99. The molecule has 4 aliphatic carbocycles. The van der Waals surface area contributed by atoms with Crippen LogP contribution in [0.5, 0.6) is 0 Å². The van der Waals surface area contributed by atoms with Crippen molar-refractivity contribution >= 4 is 5.97 Å². The summed E-state index contributed by atoms with van der Waals surface area (Å²) in [7, 11) is 0. The van der Waals surface area contributed by atoms with E-state index in [1.165, 1.54) is 25.7 Å². The van der Waals surface area contributed by atoms with Crippen LogP contribution in [-0.4, -0.2) is 35.0 Å². The van der Waals surface area contributed by atoms with Gasteiger partial charge >= 0.3 is 5.97 Å². The summed E-state index contributed by atoms with van der Waals surface area (Å²) in [6, 6.07) is 0. The van der Waals surface area contributed by atoms with Crippen LogP contribution in [0.2, 0.25) is 0 Å². The van der Waals surface area contributed by atoms with Crippen molar-refractivity contribution in [3.63, 3.8) is 0 Å². The number of fused-ring (bicyclic) bond motifs is 4. The van der Waals surface area contributed by atoms with E-state index in [1.54, 1.807) is 6.92 Å². The number of epoxide rings is 1. The molecule has 0 amide bonds. The Hall–Kier alpha value is -0.610. The van der Waals surface area contributed by atoms with Crippen molar-refractivity contribution in [2.75, 3.05) is 0 Å². The molecule has 1 spiro atoms. The number of hydrogen-bond donors (Lipinski definition) is 1. The van der Waals surface area contributed by atoms with Crippen LogP contribution in [0.25, 0.3) is 0 Å². The van der Waals surface area contributed by atoms with E-state index < -0.39 is 0 Å². The fourth-order valence-corrected chi connectivity index (χ4v) is 7.58. The summed E-state index contributed by atoms with van der Waals surface area (Å²) in [5, 5.41) is 10.2. The molecule has 4 nitrogen and oxygen atoms in total. The second kappa shape index (κ2) is 4.97. The topological polar surface area (TPSA) is 59.1 Å². The molecule has 0 bridgehead atoms. The van der Waals surface area contributed by atoms with Crippen molar-refractivity contribution in [2.24, 2.45) is 29.1 Å². The number of aliphatic hydroxyl groups excluding tert-OH is 1. The molecule has 0 radical (unpaired) electrons. The van der Waals surface area contributed by atoms with E-state index in [4.69, 9.17) is 9.47 Å². The quantitative estimate of drug-likeness (QED) is 0.591. The highest BCUT2D eigenvalue weighted by atomic mass is 16.6. The van der Waals surface area contributed by atoms with Gasteiger partial charge in [-0.1, -0.05) is 6.92 Å². The molecule has 0 aromatic carbocycles. The van der Waals surface area contributed by atoms with E-state index in [2.05, 4.69) is 6.92 Å². The van der Waals surface area contributed by atoms with Gasteiger partial charge in [-0.15, -0.1) is 0 Å². The summed E-state index contributed by atoms with van der Waals surface area (Å²) in [5.41, 5.74) is 0.204. The molecule has 5 rings (SSSR count). The van der Waals surface area contributed by atoms with Crippen molar-refractivity contribution in [1.82, 2.24) is 0 Å². The van der Waals surface area contributed by atoms with E-state index in [9.17, 15) is 9.90 Å². The molecule has 1 heterocycles. The summed E-state index contributed by atoms with van der Waals surface area (Å²) in [6.07, 6.45) is 9.10. The predicted molar refractivity (Wildman–Crippen MR) is 88.2 cm³/mol. The van der Waals surface area contributed by atoms with Crippen LogP contribution in [0.3, 0.4) is 0 Å². The zero-order valence-corrected chi connectivity index (χ0v) is 14.9. The van der Waals surface area contributed by atoms with Gasteiger partial charge in [-0.25, -0.2) is 0 Å². The third kappa shape index (κ3) is 1.90. The van der Waals surface area contributed by atoms with Gasteiger partial charge in [0.2, 0.25) is 0 Å². The highest BCUT2D eigenvalue weighted by molar-refractivity contribution is 5.66. The Morgan fingerprint density at radius 1 is 1.04 bits per heavy atom. The van der Waals surface area contributed by atoms with E-state index in [0.717, 1.165) is 37.5 Å². The van der Waals surface area contributed by atoms with Crippen LogP contribution in [0.15, 0.2) is 0 Å². The van der Waals surface area contributed by atoms with Gasteiger partial charge < -0.3 is 14.6 Å². The predicted octanol–water partition coefficient (Wildman–Crippen LogP) is 3.06. The van der Waals surface area contributed by atoms with E-state index in [1.807, 2.05) is 0 Å². The van der Waals surface area contributed by atoms with Gasteiger partial charge in [0.15, 0.2) is 0 Å². The molecule has 9 atom stereocenters. The molecule has 0 aromatic rings. The molecule has 24 heavy (non-hydrogen) atoms. The SMILES string of the molecule is CC(=O)O[C@H]1CC[C@H]2[C@@H]3CC[C@@]45O[C@H]4[C@@H](O)CC[C@@H]5[C@H]3CC[C@]12C. The zero-order chi connectivity index (χ0) is 16.7. The van der Waals surface area contributed by atoms with Gasteiger partial charge in [0.1, 0.15) is 17.8 Å². The van der Waals surface area contributed by atoms with E-state index in [0.29, 0.717) is 11.8 Å². The standard InChI is InChI=1S/C20H30O4/c1-11(21)23-17-6-4-14-12-8-10-20-15(3-5-16(22)18(20)24-20)13(12)7-9-19(14,17)2/h12-18,22H,3-10H2,1-2H3/t12-,13+,14+,15-,16+,17+,18+,19+,20+/m1/s1. The maximum Gasteiger partial charge on any atom is 0.302 e. The second-order valence-electron chi connectivity index (χ2n) is 9.44. The Kier molecular flexibility index (Phi) is 3.24. The number of carbonyl (C=O) groups is 1. The molecule has 4 saturated carbocycles. The van der Waals surface area contributed by atoms with Gasteiger partial charge in [0, 0.05) is 12.3 Å². The second-order valence-corrected chi connectivity index (χ2v) is 9.44. The maximum atomic E-state index is 11.5. The van der Waals surface area contributed by atoms with Gasteiger partial charge in [0.25, 0.3) is 0 Å². The minimum Gasteiger partial charge on any atom is -0.462 e. The monoisotopic (exact) mass is 334 g/mol. The Balaban J connectivity index is 1.39. The normalized spacial score (nSPS) is 58.0. The molecule has 0 unspecified atom stereocenters. The van der Waals surface area contributed by atoms with Crippen molar-refractivity contribution in [3.05, 3.63) is 0 Å². The lowest BCUT2D eigenvalue weighted by Crippen LogP contribution is -2.53. The van der Waals surface area contributed by atoms with Gasteiger partial charge in [0.05, 0.1) is 6.10 Å². The molecule has 0 aromatic heterocycles. The van der Waals surface area contributed by atoms with Crippen molar-refractivity contribution in [2.45, 2.75) is 89.1 Å². The summed E-state index contributed by atoms with van der Waals surface area (Å²) >= 11 is 0. The third-order valence-corrected chi connectivity index (χ3v) is 8.62. The summed E-state index contributed by atoms with van der Waals surface area (Å²) in [5.74, 6) is 2.75. The van der Waals surface area contributed by atoms with Crippen molar-refractivity contribution in [1.29, 1.82) is 0 Å². The summed E-state index contributed by atoms with van der Waals surface area (Å²) < 4.78 is 11.8. The van der Waals surface area contributed by atoms with Gasteiger partial charge in [-0.3, -0.25) is 4.79 Å². The Labute approximate surface area is 144 Å². The van der Waals surface area contributed by atoms with Crippen LogP contribution in [-0.2, 0) is 14.3 Å². The lowest BCUT2D eigenvalue weighted by molar-refractivity contribution is -0.157. The smallest absolute Gasteiger partial charge is 0.302 e. The highest BCUT2D eigenvalue weighted by Crippen LogP contribution is 2.68. The van der Waals surface area contributed by atoms with Crippen LogP contribution in [0, 0.1) is 29.1 Å². The molecular formula is C20H30O4. The number of carbonyl (C=O) groups excluding carboxylic acids is 1. The molecule has 1 saturated heterocycles. The minimum absolute atomic E-state index is 0.0282. The Morgan fingerprint density at radius 2 is 1.75 bits per heavy atom. The minimum atomic E-state index is -0.230. The van der Waals surface area contributed by atoms with Gasteiger partial charge in [-0.2, -0.15) is 0 Å². The molecule has 5 aliphatic rings. The Morgan fingerprint density at radius 3 is 2.54 bits per heavy atom. The molecule has 4 heteroatoms. The molecule has 5 fully saturated rings. The Bertz CT molecular complexity index is 562. The van der Waals surface area contributed by atoms with Crippen molar-refractivity contribution < 1.29 is 19.4 Å². The first-order valence-corrected chi connectivity index (χ1v) is 9.99. The highest BCUT2D eigenvalue weighted by Gasteiger charge is 2.71. The van der Waals surface area contributed by atoms with E-state index >= 15 is 0 Å². The number of ether oxygens (including phenoxy) is 2. The lowest BCUT2D eigenvalue weighted by Gasteiger charge is -2.54. The number of rotatable bonds is 1. The number of aliphatic hydroxyl groups is 1. The maximum absolute atomic E-state index is 11.5. The molecule has 1 N–H and O–H groups in total. The third-order valence-electron chi connectivity index (χ3n) is 8.62. The first kappa shape index (κ1) is 15.6. The lowest BCUT2D eigenvalue weighted by atomic mass is 9.50. The van der Waals surface area contributed by atoms with Crippen LogP contribution in [0.1, 0.15) is 65.2 Å². The fourth-order valence-electron chi connectivity index (χ4n) is 7.58. The average molecular weight is 334 g/mol. The molecular weight excluding hydrogens is 304 g/mol. The average Bonchev–Trinajstić information content (AvgIpc) is 3.19.